The molecule has 2 aromatic heterocycles. The summed E-state index contributed by atoms with van der Waals surface area (Å²) in [5.74, 6) is -0.535. The quantitative estimate of drug-likeness (QED) is 0.321. The third-order valence-corrected chi connectivity index (χ3v) is 6.60. The van der Waals surface area contributed by atoms with Gasteiger partial charge in [-0.05, 0) is 44.6 Å². The fraction of sp³-hybridized carbons (Fsp3) is 0.556. The predicted molar refractivity (Wildman–Crippen MR) is 102 cm³/mol. The molecule has 0 fully saturated rings. The molecule has 0 bridgehead atoms. The minimum absolute atomic E-state index is 0.209. The van der Waals surface area contributed by atoms with Gasteiger partial charge in [0.1, 0.15) is 16.2 Å². The van der Waals surface area contributed by atoms with Crippen LogP contribution >= 0.6 is 23.1 Å². The number of thiophene rings is 1. The Morgan fingerprint density at radius 1 is 1.27 bits per heavy atom. The zero-order chi connectivity index (χ0) is 18.7. The molecular formula is C18H22N2O4S2. The first-order valence-corrected chi connectivity index (χ1v) is 10.5. The molecule has 0 saturated heterocycles. The molecule has 26 heavy (non-hydrogen) atoms. The SMILES string of the molecule is CCOC(=O)C(Sc1ncnc2sc3c(c12)CC[C@H](C)C3)C(=O)OCC. The van der Waals surface area contributed by atoms with Gasteiger partial charge in [0.15, 0.2) is 0 Å². The average Bonchev–Trinajstić information content (AvgIpc) is 2.97. The van der Waals surface area contributed by atoms with Crippen molar-refractivity contribution < 1.29 is 19.1 Å². The van der Waals surface area contributed by atoms with E-state index in [9.17, 15) is 9.59 Å². The molecule has 1 aliphatic rings. The van der Waals surface area contributed by atoms with Crippen LogP contribution in [0.15, 0.2) is 11.4 Å². The average molecular weight is 395 g/mol. The fourth-order valence-electron chi connectivity index (χ4n) is 3.08. The molecule has 0 saturated carbocycles. The third-order valence-electron chi connectivity index (χ3n) is 4.29. The van der Waals surface area contributed by atoms with Crippen molar-refractivity contribution in [3.8, 4) is 0 Å². The number of aryl methyl sites for hydroxylation is 1. The first kappa shape index (κ1) is 19.1. The van der Waals surface area contributed by atoms with E-state index >= 15 is 0 Å². The first-order chi connectivity index (χ1) is 12.5. The lowest BCUT2D eigenvalue weighted by Crippen LogP contribution is -2.31. The molecule has 0 aliphatic heterocycles. The van der Waals surface area contributed by atoms with Crippen LogP contribution in [0.1, 0.15) is 37.6 Å². The number of nitrogens with zero attached hydrogens (tertiary/aromatic N) is 2. The van der Waals surface area contributed by atoms with Crippen molar-refractivity contribution in [2.75, 3.05) is 13.2 Å². The molecule has 0 radical (unpaired) electrons. The van der Waals surface area contributed by atoms with Crippen molar-refractivity contribution in [3.63, 3.8) is 0 Å². The van der Waals surface area contributed by atoms with Crippen molar-refractivity contribution >= 4 is 45.3 Å². The topological polar surface area (TPSA) is 78.4 Å². The van der Waals surface area contributed by atoms with Gasteiger partial charge in [-0.3, -0.25) is 9.59 Å². The van der Waals surface area contributed by atoms with E-state index in [1.807, 2.05) is 0 Å². The highest BCUT2D eigenvalue weighted by Gasteiger charge is 2.33. The summed E-state index contributed by atoms with van der Waals surface area (Å²) in [7, 11) is 0. The lowest BCUT2D eigenvalue weighted by Gasteiger charge is -2.18. The summed E-state index contributed by atoms with van der Waals surface area (Å²) in [5, 5.41) is 0.544. The summed E-state index contributed by atoms with van der Waals surface area (Å²) in [6.45, 7) is 6.10. The Morgan fingerprint density at radius 2 is 1.96 bits per heavy atom. The molecule has 0 amide bonds. The Hall–Kier alpha value is -1.67. The van der Waals surface area contributed by atoms with E-state index in [2.05, 4.69) is 16.9 Å². The van der Waals surface area contributed by atoms with Crippen LogP contribution in [0.3, 0.4) is 0 Å². The van der Waals surface area contributed by atoms with E-state index < -0.39 is 17.2 Å². The van der Waals surface area contributed by atoms with Crippen LogP contribution < -0.4 is 0 Å². The Kier molecular flexibility index (Phi) is 6.13. The summed E-state index contributed by atoms with van der Waals surface area (Å²) in [6.07, 6.45) is 4.63. The predicted octanol–water partition coefficient (Wildman–Crippen LogP) is 3.40. The maximum Gasteiger partial charge on any atom is 0.331 e. The molecule has 0 spiro atoms. The van der Waals surface area contributed by atoms with E-state index in [1.54, 1.807) is 25.2 Å². The number of hydrogen-bond acceptors (Lipinski definition) is 8. The molecule has 2 heterocycles. The molecule has 3 rings (SSSR count). The standard InChI is InChI=1S/C18H22N2O4S2/c1-4-23-17(21)14(18(22)24-5-2)26-16-13-11-7-6-10(3)8-12(11)25-15(13)19-9-20-16/h9-10,14H,4-8H2,1-3H3/t10-/m0/s1. The monoisotopic (exact) mass is 394 g/mol. The van der Waals surface area contributed by atoms with Gasteiger partial charge in [-0.1, -0.05) is 18.7 Å². The Morgan fingerprint density at radius 3 is 2.62 bits per heavy atom. The second-order valence-electron chi connectivity index (χ2n) is 6.21. The largest absolute Gasteiger partial charge is 0.465 e. The smallest absolute Gasteiger partial charge is 0.331 e. The fourth-order valence-corrected chi connectivity index (χ4v) is 5.49. The first-order valence-electron chi connectivity index (χ1n) is 8.80. The van der Waals surface area contributed by atoms with Gasteiger partial charge in [-0.25, -0.2) is 9.97 Å². The van der Waals surface area contributed by atoms with Gasteiger partial charge in [0, 0.05) is 10.3 Å². The maximum absolute atomic E-state index is 12.3. The molecule has 6 nitrogen and oxygen atoms in total. The van der Waals surface area contributed by atoms with E-state index in [-0.39, 0.29) is 13.2 Å². The number of aromatic nitrogens is 2. The molecule has 1 aliphatic carbocycles. The lowest BCUT2D eigenvalue weighted by molar-refractivity contribution is -0.152. The molecule has 1 atom stereocenters. The molecule has 0 N–H and O–H groups in total. The lowest BCUT2D eigenvalue weighted by atomic mass is 9.89. The summed E-state index contributed by atoms with van der Waals surface area (Å²) in [6, 6.07) is 0. The Labute approximate surface area is 160 Å². The third kappa shape index (κ3) is 3.86. The summed E-state index contributed by atoms with van der Waals surface area (Å²) >= 11 is 2.78. The van der Waals surface area contributed by atoms with Gasteiger partial charge < -0.3 is 9.47 Å². The van der Waals surface area contributed by atoms with Gasteiger partial charge in [0.2, 0.25) is 5.25 Å². The second kappa shape index (κ2) is 8.35. The van der Waals surface area contributed by atoms with E-state index in [0.717, 1.165) is 41.2 Å². The second-order valence-corrected chi connectivity index (χ2v) is 8.39. The summed E-state index contributed by atoms with van der Waals surface area (Å²) in [5.41, 5.74) is 1.26. The summed E-state index contributed by atoms with van der Waals surface area (Å²) in [4.78, 5) is 35.6. The Balaban J connectivity index is 1.98. The van der Waals surface area contributed by atoms with Crippen LogP contribution in [0.5, 0.6) is 0 Å². The highest BCUT2D eigenvalue weighted by molar-refractivity contribution is 8.01. The van der Waals surface area contributed by atoms with Crippen molar-refractivity contribution in [1.82, 2.24) is 9.97 Å². The summed E-state index contributed by atoms with van der Waals surface area (Å²) < 4.78 is 10.1. The van der Waals surface area contributed by atoms with Crippen molar-refractivity contribution in [3.05, 3.63) is 16.8 Å². The molecule has 0 unspecified atom stereocenters. The van der Waals surface area contributed by atoms with Gasteiger partial charge >= 0.3 is 11.9 Å². The number of carbonyl (C=O) groups is 2. The van der Waals surface area contributed by atoms with E-state index in [4.69, 9.17) is 9.47 Å². The number of thioether (sulfide) groups is 1. The van der Waals surface area contributed by atoms with Gasteiger partial charge in [-0.15, -0.1) is 11.3 Å². The minimum atomic E-state index is -1.08. The number of carbonyl (C=O) groups excluding carboxylic acids is 2. The van der Waals surface area contributed by atoms with Crippen LogP contribution in [-0.2, 0) is 31.9 Å². The van der Waals surface area contributed by atoms with Crippen molar-refractivity contribution in [2.45, 2.75) is 50.3 Å². The number of rotatable bonds is 6. The van der Waals surface area contributed by atoms with Crippen LogP contribution in [0, 0.1) is 5.92 Å². The normalized spacial score (nSPS) is 16.5. The molecule has 8 heteroatoms. The number of esters is 2. The van der Waals surface area contributed by atoms with E-state index in [0.29, 0.717) is 10.9 Å². The number of fused-ring (bicyclic) bond motifs is 3. The van der Waals surface area contributed by atoms with Gasteiger partial charge in [-0.2, -0.15) is 0 Å². The highest BCUT2D eigenvalue weighted by atomic mass is 32.2. The van der Waals surface area contributed by atoms with Crippen LogP contribution in [0.2, 0.25) is 0 Å². The number of hydrogen-bond donors (Lipinski definition) is 0. The number of ether oxygens (including phenoxy) is 2. The van der Waals surface area contributed by atoms with Gasteiger partial charge in [0.25, 0.3) is 0 Å². The Bertz CT molecular complexity index is 803. The van der Waals surface area contributed by atoms with E-state index in [1.165, 1.54) is 16.8 Å². The molecule has 0 aromatic carbocycles. The minimum Gasteiger partial charge on any atom is -0.465 e. The van der Waals surface area contributed by atoms with Crippen molar-refractivity contribution in [2.24, 2.45) is 5.92 Å². The van der Waals surface area contributed by atoms with Crippen LogP contribution in [-0.4, -0.2) is 40.4 Å². The molecule has 140 valence electrons. The highest BCUT2D eigenvalue weighted by Crippen LogP contribution is 2.41. The van der Waals surface area contributed by atoms with Crippen LogP contribution in [0.4, 0.5) is 0 Å². The zero-order valence-electron chi connectivity index (χ0n) is 15.1. The molecule has 2 aromatic rings. The van der Waals surface area contributed by atoms with Gasteiger partial charge in [0.05, 0.1) is 13.2 Å². The zero-order valence-corrected chi connectivity index (χ0v) is 16.7. The van der Waals surface area contributed by atoms with Crippen LogP contribution in [0.25, 0.3) is 10.2 Å². The molecular weight excluding hydrogens is 372 g/mol. The maximum atomic E-state index is 12.3. The van der Waals surface area contributed by atoms with Crippen molar-refractivity contribution in [1.29, 1.82) is 0 Å².